The number of hydrogen-bond donors (Lipinski definition) is 1. The quantitative estimate of drug-likeness (QED) is 0.678. The van der Waals surface area contributed by atoms with Crippen molar-refractivity contribution in [3.8, 4) is 0 Å². The first-order valence-electron chi connectivity index (χ1n) is 4.90. The summed E-state index contributed by atoms with van der Waals surface area (Å²) in [6.07, 6.45) is 2.61. The molecule has 13 heavy (non-hydrogen) atoms. The first-order chi connectivity index (χ1) is 5.91. The average molecular weight is 183 g/mol. The van der Waals surface area contributed by atoms with E-state index in [1.165, 1.54) is 0 Å². The van der Waals surface area contributed by atoms with Gasteiger partial charge in [-0.25, -0.2) is 0 Å². The van der Waals surface area contributed by atoms with Crippen LogP contribution in [0, 0.1) is 5.41 Å². The van der Waals surface area contributed by atoms with Crippen LogP contribution in [0.25, 0.3) is 0 Å². The van der Waals surface area contributed by atoms with Crippen molar-refractivity contribution >= 4 is 5.78 Å². The van der Waals surface area contributed by atoms with E-state index in [1.54, 1.807) is 6.08 Å². The molecular weight excluding hydrogens is 162 g/mol. The Hall–Kier alpha value is -0.790. The molecule has 1 N–H and O–H groups in total. The summed E-state index contributed by atoms with van der Waals surface area (Å²) in [7, 11) is 0. The Balaban J connectivity index is 4.42. The Morgan fingerprint density at radius 3 is 2.15 bits per heavy atom. The molecule has 0 atom stereocenters. The number of rotatable bonds is 4. The van der Waals surface area contributed by atoms with E-state index in [1.807, 2.05) is 34.6 Å². The molecule has 0 amide bonds. The van der Waals surface area contributed by atoms with E-state index in [0.29, 0.717) is 0 Å². The van der Waals surface area contributed by atoms with Gasteiger partial charge in [-0.3, -0.25) is 4.79 Å². The van der Waals surface area contributed by atoms with Gasteiger partial charge >= 0.3 is 0 Å². The standard InChI is InChI=1S/C11H21NO/c1-6-9(12-7-2)8-10(13)11(3,4)5/h8,12H,6-7H2,1-5H3/b9-8-. The molecule has 0 radical (unpaired) electrons. The Kier molecular flexibility index (Phi) is 4.74. The molecule has 0 saturated heterocycles. The minimum atomic E-state index is -0.268. The van der Waals surface area contributed by atoms with Gasteiger partial charge in [0.25, 0.3) is 0 Å². The molecule has 0 aliphatic carbocycles. The molecule has 0 bridgehead atoms. The van der Waals surface area contributed by atoms with Crippen LogP contribution in [-0.4, -0.2) is 12.3 Å². The van der Waals surface area contributed by atoms with Gasteiger partial charge < -0.3 is 5.32 Å². The number of allylic oxidation sites excluding steroid dienone is 2. The molecule has 2 heteroatoms. The first kappa shape index (κ1) is 12.2. The SMILES string of the molecule is CCN/C(=C\C(=O)C(C)(C)C)CC. The highest BCUT2D eigenvalue weighted by Crippen LogP contribution is 2.16. The molecule has 0 aromatic carbocycles. The summed E-state index contributed by atoms with van der Waals surface area (Å²) in [5.41, 5.74) is 0.762. The number of ketones is 1. The van der Waals surface area contributed by atoms with Gasteiger partial charge in [0.2, 0.25) is 0 Å². The van der Waals surface area contributed by atoms with Crippen molar-refractivity contribution in [2.75, 3.05) is 6.54 Å². The molecule has 2 nitrogen and oxygen atoms in total. The summed E-state index contributed by atoms with van der Waals surface area (Å²) >= 11 is 0. The molecule has 0 aromatic rings. The van der Waals surface area contributed by atoms with Crippen molar-refractivity contribution in [2.24, 2.45) is 5.41 Å². The highest BCUT2D eigenvalue weighted by atomic mass is 16.1. The second-order valence-electron chi connectivity index (χ2n) is 4.17. The van der Waals surface area contributed by atoms with E-state index in [2.05, 4.69) is 5.32 Å². The molecule has 0 heterocycles. The van der Waals surface area contributed by atoms with Gasteiger partial charge in [-0.2, -0.15) is 0 Å². The molecule has 76 valence electrons. The first-order valence-corrected chi connectivity index (χ1v) is 4.90. The van der Waals surface area contributed by atoms with Crippen LogP contribution in [-0.2, 0) is 4.79 Å². The third-order valence-electron chi connectivity index (χ3n) is 1.83. The zero-order valence-corrected chi connectivity index (χ0v) is 9.40. The highest BCUT2D eigenvalue weighted by Gasteiger charge is 2.18. The fourth-order valence-corrected chi connectivity index (χ4v) is 0.880. The molecule has 0 aliphatic heterocycles. The van der Waals surface area contributed by atoms with Gasteiger partial charge in [-0.05, 0) is 13.3 Å². The van der Waals surface area contributed by atoms with E-state index in [0.717, 1.165) is 18.7 Å². The topological polar surface area (TPSA) is 29.1 Å². The zero-order valence-electron chi connectivity index (χ0n) is 9.40. The van der Waals surface area contributed by atoms with Crippen molar-refractivity contribution < 1.29 is 4.79 Å². The van der Waals surface area contributed by atoms with Gasteiger partial charge in [0.1, 0.15) is 0 Å². The van der Waals surface area contributed by atoms with Gasteiger partial charge in [0, 0.05) is 23.7 Å². The lowest BCUT2D eigenvalue weighted by atomic mass is 9.90. The monoisotopic (exact) mass is 183 g/mol. The molecular formula is C11H21NO. The van der Waals surface area contributed by atoms with E-state index in [4.69, 9.17) is 0 Å². The zero-order chi connectivity index (χ0) is 10.5. The van der Waals surface area contributed by atoms with Crippen molar-refractivity contribution in [3.63, 3.8) is 0 Å². The third-order valence-corrected chi connectivity index (χ3v) is 1.83. The summed E-state index contributed by atoms with van der Waals surface area (Å²) in [6, 6.07) is 0. The van der Waals surface area contributed by atoms with Gasteiger partial charge in [0.05, 0.1) is 0 Å². The number of carbonyl (C=O) groups is 1. The largest absolute Gasteiger partial charge is 0.389 e. The predicted octanol–water partition coefficient (Wildman–Crippen LogP) is 2.51. The van der Waals surface area contributed by atoms with Crippen LogP contribution in [0.3, 0.4) is 0 Å². The Morgan fingerprint density at radius 1 is 1.31 bits per heavy atom. The number of nitrogens with one attached hydrogen (secondary N) is 1. The molecule has 0 unspecified atom stereocenters. The van der Waals surface area contributed by atoms with Gasteiger partial charge in [-0.15, -0.1) is 0 Å². The Labute approximate surface area is 81.4 Å². The fraction of sp³-hybridized carbons (Fsp3) is 0.727. The van der Waals surface area contributed by atoms with Crippen molar-refractivity contribution in [1.82, 2.24) is 5.32 Å². The van der Waals surface area contributed by atoms with Crippen LogP contribution in [0.15, 0.2) is 11.8 Å². The van der Waals surface area contributed by atoms with E-state index in [-0.39, 0.29) is 11.2 Å². The Bertz CT molecular complexity index is 199. The van der Waals surface area contributed by atoms with Crippen LogP contribution in [0.1, 0.15) is 41.0 Å². The maximum atomic E-state index is 11.6. The predicted molar refractivity (Wildman–Crippen MR) is 56.5 cm³/mol. The lowest BCUT2D eigenvalue weighted by Gasteiger charge is -2.15. The Morgan fingerprint density at radius 2 is 1.85 bits per heavy atom. The molecule has 0 rings (SSSR count). The van der Waals surface area contributed by atoms with E-state index in [9.17, 15) is 4.79 Å². The fourth-order valence-electron chi connectivity index (χ4n) is 0.880. The van der Waals surface area contributed by atoms with Crippen molar-refractivity contribution in [3.05, 3.63) is 11.8 Å². The van der Waals surface area contributed by atoms with Crippen LogP contribution in [0.2, 0.25) is 0 Å². The minimum absolute atomic E-state index is 0.185. The van der Waals surface area contributed by atoms with Crippen LogP contribution in [0.4, 0.5) is 0 Å². The molecule has 0 fully saturated rings. The van der Waals surface area contributed by atoms with Gasteiger partial charge in [-0.1, -0.05) is 27.7 Å². The van der Waals surface area contributed by atoms with Crippen LogP contribution < -0.4 is 5.32 Å². The summed E-state index contributed by atoms with van der Waals surface area (Å²) < 4.78 is 0. The number of carbonyl (C=O) groups excluding carboxylic acids is 1. The summed E-state index contributed by atoms with van der Waals surface area (Å²) in [6.45, 7) is 10.8. The van der Waals surface area contributed by atoms with Crippen LogP contribution in [0.5, 0.6) is 0 Å². The van der Waals surface area contributed by atoms with Crippen molar-refractivity contribution in [2.45, 2.75) is 41.0 Å². The third kappa shape index (κ3) is 4.71. The normalized spacial score (nSPS) is 12.8. The van der Waals surface area contributed by atoms with Crippen LogP contribution >= 0.6 is 0 Å². The molecule has 0 aliphatic rings. The van der Waals surface area contributed by atoms with E-state index >= 15 is 0 Å². The van der Waals surface area contributed by atoms with Gasteiger partial charge in [0.15, 0.2) is 5.78 Å². The summed E-state index contributed by atoms with van der Waals surface area (Å²) in [5.74, 6) is 0.185. The highest BCUT2D eigenvalue weighted by molar-refractivity contribution is 5.94. The van der Waals surface area contributed by atoms with Crippen molar-refractivity contribution in [1.29, 1.82) is 0 Å². The lowest BCUT2D eigenvalue weighted by molar-refractivity contribution is -0.121. The number of hydrogen-bond acceptors (Lipinski definition) is 2. The minimum Gasteiger partial charge on any atom is -0.389 e. The maximum Gasteiger partial charge on any atom is 0.162 e. The molecule has 0 aromatic heterocycles. The maximum absolute atomic E-state index is 11.6. The summed E-state index contributed by atoms with van der Waals surface area (Å²) in [5, 5.41) is 3.18. The average Bonchev–Trinajstić information content (AvgIpc) is 2.01. The smallest absolute Gasteiger partial charge is 0.162 e. The lowest BCUT2D eigenvalue weighted by Crippen LogP contribution is -2.21. The summed E-state index contributed by atoms with van der Waals surface area (Å²) in [4.78, 5) is 11.6. The molecule has 0 saturated carbocycles. The second kappa shape index (κ2) is 5.05. The molecule has 0 spiro atoms. The van der Waals surface area contributed by atoms with E-state index < -0.39 is 0 Å². The second-order valence-corrected chi connectivity index (χ2v) is 4.17.